The van der Waals surface area contributed by atoms with E-state index in [0.717, 1.165) is 32.7 Å². The SMILES string of the molecule is CCCn1nc(C(=O)NCC(C(C)C)N2CCOCC2)ccc1=O. The zero-order valence-corrected chi connectivity index (χ0v) is 14.8. The number of ether oxygens (including phenoxy) is 1. The summed E-state index contributed by atoms with van der Waals surface area (Å²) in [5.74, 6) is 0.184. The summed E-state index contributed by atoms with van der Waals surface area (Å²) >= 11 is 0. The van der Waals surface area contributed by atoms with Gasteiger partial charge in [-0.15, -0.1) is 0 Å². The zero-order chi connectivity index (χ0) is 17.5. The number of nitrogens with zero attached hydrogens (tertiary/aromatic N) is 3. The third-order valence-corrected chi connectivity index (χ3v) is 4.29. The van der Waals surface area contributed by atoms with Gasteiger partial charge in [0, 0.05) is 38.3 Å². The molecule has 0 saturated carbocycles. The smallest absolute Gasteiger partial charge is 0.271 e. The van der Waals surface area contributed by atoms with E-state index in [1.807, 2.05) is 6.92 Å². The highest BCUT2D eigenvalue weighted by Crippen LogP contribution is 2.12. The second kappa shape index (κ2) is 8.94. The molecule has 24 heavy (non-hydrogen) atoms. The molecule has 1 aromatic heterocycles. The fraction of sp³-hybridized carbons (Fsp3) is 0.706. The topological polar surface area (TPSA) is 76.5 Å². The highest BCUT2D eigenvalue weighted by Gasteiger charge is 2.24. The van der Waals surface area contributed by atoms with E-state index in [-0.39, 0.29) is 23.2 Å². The number of carbonyl (C=O) groups is 1. The molecule has 7 heteroatoms. The number of morpholine rings is 1. The Bertz CT molecular complexity index is 594. The fourth-order valence-electron chi connectivity index (χ4n) is 2.93. The molecule has 1 atom stereocenters. The van der Waals surface area contributed by atoms with E-state index in [9.17, 15) is 9.59 Å². The first kappa shape index (κ1) is 18.6. The van der Waals surface area contributed by atoms with Gasteiger partial charge in [-0.1, -0.05) is 20.8 Å². The summed E-state index contributed by atoms with van der Waals surface area (Å²) in [6.45, 7) is 10.6. The molecular weight excluding hydrogens is 308 g/mol. The monoisotopic (exact) mass is 336 g/mol. The van der Waals surface area contributed by atoms with Crippen molar-refractivity contribution >= 4 is 5.91 Å². The third-order valence-electron chi connectivity index (χ3n) is 4.29. The normalized spacial score (nSPS) is 17.0. The molecule has 1 N–H and O–H groups in total. The lowest BCUT2D eigenvalue weighted by atomic mass is 10.0. The molecule has 0 aliphatic carbocycles. The molecule has 0 bridgehead atoms. The lowest BCUT2D eigenvalue weighted by Crippen LogP contribution is -2.51. The molecule has 1 aliphatic heterocycles. The van der Waals surface area contributed by atoms with Crippen LogP contribution in [0.5, 0.6) is 0 Å². The Balaban J connectivity index is 2.00. The summed E-state index contributed by atoms with van der Waals surface area (Å²) in [4.78, 5) is 26.4. The Labute approximate surface area is 143 Å². The minimum atomic E-state index is -0.237. The predicted molar refractivity (Wildman–Crippen MR) is 92.1 cm³/mol. The zero-order valence-electron chi connectivity index (χ0n) is 14.8. The number of amides is 1. The van der Waals surface area contributed by atoms with Crippen molar-refractivity contribution in [2.75, 3.05) is 32.8 Å². The molecule has 1 unspecified atom stereocenters. The van der Waals surface area contributed by atoms with E-state index < -0.39 is 0 Å². The summed E-state index contributed by atoms with van der Waals surface area (Å²) in [5, 5.41) is 7.12. The van der Waals surface area contributed by atoms with Gasteiger partial charge >= 0.3 is 0 Å². The third kappa shape index (κ3) is 4.88. The van der Waals surface area contributed by atoms with Crippen LogP contribution < -0.4 is 10.9 Å². The van der Waals surface area contributed by atoms with Gasteiger partial charge in [-0.2, -0.15) is 5.10 Å². The first-order valence-electron chi connectivity index (χ1n) is 8.71. The van der Waals surface area contributed by atoms with Gasteiger partial charge in [0.25, 0.3) is 11.5 Å². The lowest BCUT2D eigenvalue weighted by molar-refractivity contribution is 0.00671. The summed E-state index contributed by atoms with van der Waals surface area (Å²) in [6.07, 6.45) is 0.796. The Morgan fingerprint density at radius 1 is 1.33 bits per heavy atom. The van der Waals surface area contributed by atoms with Gasteiger partial charge in [0.1, 0.15) is 5.69 Å². The van der Waals surface area contributed by atoms with E-state index >= 15 is 0 Å². The first-order chi connectivity index (χ1) is 11.5. The van der Waals surface area contributed by atoms with Crippen LogP contribution in [0.2, 0.25) is 0 Å². The molecule has 1 saturated heterocycles. The average molecular weight is 336 g/mol. The minimum Gasteiger partial charge on any atom is -0.379 e. The van der Waals surface area contributed by atoms with E-state index in [1.165, 1.54) is 16.8 Å². The maximum absolute atomic E-state index is 12.4. The molecular formula is C17H28N4O3. The molecule has 134 valence electrons. The number of rotatable bonds is 7. The molecule has 1 aliphatic rings. The molecule has 7 nitrogen and oxygen atoms in total. The number of aryl methyl sites for hydroxylation is 1. The number of hydrogen-bond donors (Lipinski definition) is 1. The fourth-order valence-corrected chi connectivity index (χ4v) is 2.93. The van der Waals surface area contributed by atoms with Gasteiger partial charge in [-0.25, -0.2) is 4.68 Å². The summed E-state index contributed by atoms with van der Waals surface area (Å²) in [6, 6.07) is 3.15. The van der Waals surface area contributed by atoms with Crippen LogP contribution in [0.3, 0.4) is 0 Å². The van der Waals surface area contributed by atoms with Crippen molar-refractivity contribution in [3.8, 4) is 0 Å². The van der Waals surface area contributed by atoms with Crippen molar-refractivity contribution < 1.29 is 9.53 Å². The Hall–Kier alpha value is -1.73. The van der Waals surface area contributed by atoms with Crippen molar-refractivity contribution in [1.82, 2.24) is 20.0 Å². The molecule has 1 aromatic rings. The molecule has 0 radical (unpaired) electrons. The largest absolute Gasteiger partial charge is 0.379 e. The molecule has 2 rings (SSSR count). The highest BCUT2D eigenvalue weighted by atomic mass is 16.5. The Kier molecular flexibility index (Phi) is 6.93. The Morgan fingerprint density at radius 2 is 2.04 bits per heavy atom. The predicted octanol–water partition coefficient (Wildman–Crippen LogP) is 0.740. The van der Waals surface area contributed by atoms with Gasteiger partial charge in [-0.05, 0) is 18.4 Å². The van der Waals surface area contributed by atoms with Crippen LogP contribution in [-0.2, 0) is 11.3 Å². The highest BCUT2D eigenvalue weighted by molar-refractivity contribution is 5.92. The molecule has 1 amide bonds. The standard InChI is InChI=1S/C17H28N4O3/c1-4-7-21-16(22)6-5-14(19-21)17(23)18-12-15(13(2)3)20-8-10-24-11-9-20/h5-6,13,15H,4,7-12H2,1-3H3,(H,18,23). The van der Waals surface area contributed by atoms with E-state index in [1.54, 1.807) is 0 Å². The van der Waals surface area contributed by atoms with Crippen LogP contribution in [0.25, 0.3) is 0 Å². The summed E-state index contributed by atoms with van der Waals surface area (Å²) in [5.41, 5.74) is 0.106. The number of carbonyl (C=O) groups excluding carboxylic acids is 1. The van der Waals surface area contributed by atoms with Crippen LogP contribution in [0, 0.1) is 5.92 Å². The van der Waals surface area contributed by atoms with Crippen molar-refractivity contribution in [3.05, 3.63) is 28.2 Å². The van der Waals surface area contributed by atoms with Gasteiger partial charge in [0.15, 0.2) is 0 Å². The van der Waals surface area contributed by atoms with Gasteiger partial charge in [-0.3, -0.25) is 14.5 Å². The molecule has 2 heterocycles. The first-order valence-corrected chi connectivity index (χ1v) is 8.71. The van der Waals surface area contributed by atoms with Crippen LogP contribution in [0.4, 0.5) is 0 Å². The minimum absolute atomic E-state index is 0.179. The van der Waals surface area contributed by atoms with Gasteiger partial charge < -0.3 is 10.1 Å². The van der Waals surface area contributed by atoms with Crippen LogP contribution in [-0.4, -0.2) is 59.5 Å². The van der Waals surface area contributed by atoms with E-state index in [0.29, 0.717) is 19.0 Å². The van der Waals surface area contributed by atoms with Crippen molar-refractivity contribution in [2.45, 2.75) is 39.8 Å². The van der Waals surface area contributed by atoms with Crippen molar-refractivity contribution in [1.29, 1.82) is 0 Å². The quantitative estimate of drug-likeness (QED) is 0.795. The van der Waals surface area contributed by atoms with Gasteiger partial charge in [0.2, 0.25) is 0 Å². The Morgan fingerprint density at radius 3 is 2.67 bits per heavy atom. The van der Waals surface area contributed by atoms with Crippen molar-refractivity contribution in [3.63, 3.8) is 0 Å². The summed E-state index contributed by atoms with van der Waals surface area (Å²) < 4.78 is 6.74. The second-order valence-corrected chi connectivity index (χ2v) is 6.45. The second-order valence-electron chi connectivity index (χ2n) is 6.45. The molecule has 0 spiro atoms. The van der Waals surface area contributed by atoms with Crippen LogP contribution >= 0.6 is 0 Å². The van der Waals surface area contributed by atoms with E-state index in [2.05, 4.69) is 29.2 Å². The number of hydrogen-bond acceptors (Lipinski definition) is 5. The lowest BCUT2D eigenvalue weighted by Gasteiger charge is -2.36. The molecule has 1 fully saturated rings. The maximum Gasteiger partial charge on any atom is 0.271 e. The number of nitrogens with one attached hydrogen (secondary N) is 1. The van der Waals surface area contributed by atoms with Crippen LogP contribution in [0.1, 0.15) is 37.7 Å². The van der Waals surface area contributed by atoms with Crippen LogP contribution in [0.15, 0.2) is 16.9 Å². The van der Waals surface area contributed by atoms with Gasteiger partial charge in [0.05, 0.1) is 13.2 Å². The van der Waals surface area contributed by atoms with E-state index in [4.69, 9.17) is 4.74 Å². The maximum atomic E-state index is 12.4. The van der Waals surface area contributed by atoms with Crippen molar-refractivity contribution in [2.24, 2.45) is 5.92 Å². The molecule has 0 aromatic carbocycles. The average Bonchev–Trinajstić information content (AvgIpc) is 2.57. The summed E-state index contributed by atoms with van der Waals surface area (Å²) in [7, 11) is 0. The number of aromatic nitrogens is 2.